The molecule has 2 aromatic carbocycles. The van der Waals surface area contributed by atoms with Crippen molar-refractivity contribution in [1.82, 2.24) is 8.95 Å². The van der Waals surface area contributed by atoms with Crippen LogP contribution in [0, 0.1) is 6.92 Å². The first-order valence-electron chi connectivity index (χ1n) is 12.9. The number of hydrogen-bond donors (Lipinski definition) is 2. The number of sulfonamides is 1. The molecule has 0 saturated carbocycles. The smallest absolute Gasteiger partial charge is 0.305 e. The molecule has 6 nitrogen and oxygen atoms in total. The second-order valence-corrected chi connectivity index (χ2v) is 18.3. The van der Waals surface area contributed by atoms with Gasteiger partial charge in [0, 0.05) is 6.20 Å². The van der Waals surface area contributed by atoms with E-state index < -0.39 is 30.3 Å². The fourth-order valence-corrected chi connectivity index (χ4v) is 13.7. The zero-order chi connectivity index (χ0) is 27.5. The summed E-state index contributed by atoms with van der Waals surface area (Å²) < 4.78 is 31.2. The number of nitrogens with zero attached hydrogens (tertiary/aromatic N) is 1. The Morgan fingerprint density at radius 3 is 2.05 bits per heavy atom. The molecule has 0 saturated heterocycles. The van der Waals surface area contributed by atoms with E-state index in [0.717, 1.165) is 16.7 Å². The average molecular weight is 541 g/mol. The van der Waals surface area contributed by atoms with Crippen LogP contribution in [0.5, 0.6) is 0 Å². The molecular formula is C29H40N2O4SSi. The summed E-state index contributed by atoms with van der Waals surface area (Å²) in [4.78, 5) is 11.8. The molecule has 0 spiro atoms. The number of carbonyl (C=O) groups is 1. The lowest BCUT2D eigenvalue weighted by Crippen LogP contribution is -2.51. The van der Waals surface area contributed by atoms with Crippen molar-refractivity contribution in [3.05, 3.63) is 78.1 Å². The van der Waals surface area contributed by atoms with Crippen LogP contribution in [0.4, 0.5) is 0 Å². The number of aliphatic carboxylic acids is 1. The van der Waals surface area contributed by atoms with E-state index in [4.69, 9.17) is 0 Å². The lowest BCUT2D eigenvalue weighted by atomic mass is 10.00. The summed E-state index contributed by atoms with van der Waals surface area (Å²) in [6.07, 6.45) is 4.04. The summed E-state index contributed by atoms with van der Waals surface area (Å²) in [6, 6.07) is 15.2. The van der Waals surface area contributed by atoms with Crippen molar-refractivity contribution in [2.45, 2.75) is 82.4 Å². The molecule has 2 N–H and O–H groups in total. The molecule has 0 aliphatic heterocycles. The lowest BCUT2D eigenvalue weighted by molar-refractivity contribution is -0.137. The summed E-state index contributed by atoms with van der Waals surface area (Å²) in [6.45, 7) is 15.8. The molecule has 1 atom stereocenters. The molecule has 0 amide bonds. The van der Waals surface area contributed by atoms with Gasteiger partial charge in [-0.3, -0.25) is 4.79 Å². The van der Waals surface area contributed by atoms with Crippen molar-refractivity contribution in [1.29, 1.82) is 0 Å². The van der Waals surface area contributed by atoms with Crippen molar-refractivity contribution in [3.63, 3.8) is 0 Å². The van der Waals surface area contributed by atoms with Crippen molar-refractivity contribution < 1.29 is 18.3 Å². The summed E-state index contributed by atoms with van der Waals surface area (Å²) in [5.74, 6) is -1.07. The first-order chi connectivity index (χ1) is 17.3. The van der Waals surface area contributed by atoms with Gasteiger partial charge < -0.3 is 9.34 Å². The number of nitrogens with one attached hydrogen (secondary N) is 1. The van der Waals surface area contributed by atoms with Crippen molar-refractivity contribution in [3.8, 4) is 11.1 Å². The van der Waals surface area contributed by atoms with Gasteiger partial charge in [-0.25, -0.2) is 13.1 Å². The third kappa shape index (κ3) is 6.08. The molecule has 3 rings (SSSR count). The third-order valence-electron chi connectivity index (χ3n) is 7.54. The van der Waals surface area contributed by atoms with Crippen LogP contribution < -0.4 is 4.72 Å². The molecule has 0 bridgehead atoms. The van der Waals surface area contributed by atoms with Gasteiger partial charge in [-0.15, -0.1) is 0 Å². The van der Waals surface area contributed by atoms with Gasteiger partial charge in [0.05, 0.1) is 17.4 Å². The van der Waals surface area contributed by atoms with Gasteiger partial charge in [0.15, 0.2) is 8.24 Å². The second-order valence-electron chi connectivity index (χ2n) is 10.9. The Hall–Kier alpha value is -2.68. The van der Waals surface area contributed by atoms with Gasteiger partial charge in [-0.2, -0.15) is 0 Å². The maximum atomic E-state index is 13.1. The van der Waals surface area contributed by atoms with Crippen molar-refractivity contribution in [2.75, 3.05) is 0 Å². The maximum Gasteiger partial charge on any atom is 0.305 e. The zero-order valence-corrected chi connectivity index (χ0v) is 24.7. The van der Waals surface area contributed by atoms with Crippen LogP contribution in [-0.2, 0) is 14.8 Å². The largest absolute Gasteiger partial charge is 0.481 e. The minimum absolute atomic E-state index is 0.110. The monoisotopic (exact) mass is 540 g/mol. The molecule has 0 fully saturated rings. The SMILES string of the molecule is Cc1ccc(S(=O)(=O)N[C@@H](CC(=O)O)c2cccc(-c3ccn([Si](C(C)C)(C(C)C)C(C)C)c3)c2)cc1. The highest BCUT2D eigenvalue weighted by molar-refractivity contribution is 7.89. The number of rotatable bonds is 11. The number of carboxylic acid groups (broad SMARTS) is 1. The molecule has 200 valence electrons. The predicted octanol–water partition coefficient (Wildman–Crippen LogP) is 6.98. The standard InChI is InChI=1S/C29H40N2O4SSi/c1-20(2)37(21(3)4,22(5)6)31-16-15-26(19-31)24-9-8-10-25(17-24)28(18-29(32)33)30-36(34,35)27-13-11-23(7)12-14-27/h8-17,19-22,28,30H,18H2,1-7H3,(H,32,33)/t28-/m0/s1. The Bertz CT molecular complexity index is 1310. The summed E-state index contributed by atoms with van der Waals surface area (Å²) >= 11 is 0. The number of hydrogen-bond acceptors (Lipinski definition) is 3. The molecule has 0 aliphatic carbocycles. The minimum Gasteiger partial charge on any atom is -0.481 e. The van der Waals surface area contributed by atoms with Crippen molar-refractivity contribution in [2.24, 2.45) is 0 Å². The molecule has 0 radical (unpaired) electrons. The van der Waals surface area contributed by atoms with Crippen LogP contribution in [0.1, 0.15) is 65.1 Å². The Labute approximate surface area is 222 Å². The highest BCUT2D eigenvalue weighted by atomic mass is 32.2. The van der Waals surface area contributed by atoms with Crippen LogP contribution in [0.25, 0.3) is 11.1 Å². The predicted molar refractivity (Wildman–Crippen MR) is 153 cm³/mol. The molecule has 0 aliphatic rings. The molecular weight excluding hydrogens is 500 g/mol. The van der Waals surface area contributed by atoms with Crippen LogP contribution in [-0.4, -0.2) is 32.0 Å². The first-order valence-corrected chi connectivity index (χ1v) is 16.5. The fraction of sp³-hybridized carbons (Fsp3) is 0.414. The van der Waals surface area contributed by atoms with Crippen LogP contribution in [0.15, 0.2) is 71.9 Å². The van der Waals surface area contributed by atoms with Crippen LogP contribution >= 0.6 is 0 Å². The number of aromatic nitrogens is 1. The van der Waals surface area contributed by atoms with E-state index in [2.05, 4.69) is 69.0 Å². The van der Waals surface area contributed by atoms with Crippen LogP contribution in [0.2, 0.25) is 16.6 Å². The van der Waals surface area contributed by atoms with E-state index in [1.807, 2.05) is 25.1 Å². The molecule has 8 heteroatoms. The minimum atomic E-state index is -3.90. The van der Waals surface area contributed by atoms with Gasteiger partial charge in [0.25, 0.3) is 0 Å². The molecule has 1 aromatic heterocycles. The number of benzene rings is 2. The maximum absolute atomic E-state index is 13.1. The van der Waals surface area contributed by atoms with Crippen LogP contribution in [0.3, 0.4) is 0 Å². The van der Waals surface area contributed by atoms with E-state index in [0.29, 0.717) is 22.2 Å². The quantitative estimate of drug-likeness (QED) is 0.257. The topological polar surface area (TPSA) is 88.4 Å². The van der Waals surface area contributed by atoms with E-state index in [1.54, 1.807) is 18.2 Å². The average Bonchev–Trinajstić information content (AvgIpc) is 3.28. The summed E-state index contributed by atoms with van der Waals surface area (Å²) in [5.41, 5.74) is 5.18. The second kappa shape index (κ2) is 11.4. The zero-order valence-electron chi connectivity index (χ0n) is 22.9. The third-order valence-corrected chi connectivity index (χ3v) is 15.8. The molecule has 1 heterocycles. The highest BCUT2D eigenvalue weighted by Crippen LogP contribution is 2.43. The normalized spacial score (nSPS) is 13.5. The van der Waals surface area contributed by atoms with E-state index >= 15 is 0 Å². The number of aryl methyl sites for hydroxylation is 1. The van der Waals surface area contributed by atoms with Crippen molar-refractivity contribution >= 4 is 24.2 Å². The Morgan fingerprint density at radius 1 is 0.919 bits per heavy atom. The summed E-state index contributed by atoms with van der Waals surface area (Å²) in [7, 11) is -5.80. The highest BCUT2D eigenvalue weighted by Gasteiger charge is 2.45. The van der Waals surface area contributed by atoms with E-state index in [-0.39, 0.29) is 11.3 Å². The van der Waals surface area contributed by atoms with Gasteiger partial charge in [-0.05, 0) is 70.7 Å². The Balaban J connectivity index is 2.00. The first kappa shape index (κ1) is 28.9. The molecule has 0 unspecified atom stereocenters. The molecule has 3 aromatic rings. The van der Waals surface area contributed by atoms with E-state index in [1.165, 1.54) is 12.1 Å². The number of carboxylic acids is 1. The van der Waals surface area contributed by atoms with Gasteiger partial charge in [-0.1, -0.05) is 77.4 Å². The Morgan fingerprint density at radius 2 is 1.51 bits per heavy atom. The van der Waals surface area contributed by atoms with Gasteiger partial charge in [0.2, 0.25) is 10.0 Å². The van der Waals surface area contributed by atoms with E-state index in [9.17, 15) is 18.3 Å². The lowest BCUT2D eigenvalue weighted by Gasteiger charge is -2.44. The summed E-state index contributed by atoms with van der Waals surface area (Å²) in [5, 5.41) is 9.55. The Kier molecular flexibility index (Phi) is 8.88. The molecule has 37 heavy (non-hydrogen) atoms. The van der Waals surface area contributed by atoms with Gasteiger partial charge in [0.1, 0.15) is 0 Å². The van der Waals surface area contributed by atoms with Gasteiger partial charge >= 0.3 is 5.97 Å². The fourth-order valence-electron chi connectivity index (χ4n) is 6.01.